The van der Waals surface area contributed by atoms with E-state index in [9.17, 15) is 9.59 Å². The van der Waals surface area contributed by atoms with Gasteiger partial charge in [-0.15, -0.1) is 0 Å². The van der Waals surface area contributed by atoms with E-state index in [2.05, 4.69) is 10.6 Å². The van der Waals surface area contributed by atoms with Crippen molar-refractivity contribution in [2.45, 2.75) is 19.8 Å². The number of nitrogens with zero attached hydrogens (tertiary/aromatic N) is 1. The molecule has 6 nitrogen and oxygen atoms in total. The molecule has 1 saturated heterocycles. The van der Waals surface area contributed by atoms with Crippen molar-refractivity contribution in [1.82, 2.24) is 10.2 Å². The van der Waals surface area contributed by atoms with Crippen LogP contribution < -0.4 is 15.4 Å². The third kappa shape index (κ3) is 6.15. The minimum atomic E-state index is -0.331. The number of hydrogen-bond acceptors (Lipinski definition) is 4. The summed E-state index contributed by atoms with van der Waals surface area (Å²) in [6.45, 7) is 4.18. The van der Waals surface area contributed by atoms with E-state index in [1.807, 2.05) is 36.1 Å². The molecule has 0 atom stereocenters. The van der Waals surface area contributed by atoms with Crippen molar-refractivity contribution in [3.63, 3.8) is 0 Å². The molecule has 0 unspecified atom stereocenters. The van der Waals surface area contributed by atoms with E-state index in [4.69, 9.17) is 17.0 Å². The van der Waals surface area contributed by atoms with Crippen molar-refractivity contribution in [2.75, 3.05) is 25.0 Å². The highest BCUT2D eigenvalue weighted by Crippen LogP contribution is 2.16. The number of likely N-dealkylation sites (tertiary alicyclic amines) is 1. The average molecular weight is 424 g/mol. The molecular formula is C23H25N3O3S. The molecule has 0 aromatic heterocycles. The molecule has 1 heterocycles. The first kappa shape index (κ1) is 21.5. The fourth-order valence-corrected chi connectivity index (χ4v) is 3.35. The standard InChI is InChI=1S/C23H25N3O3S/c1-2-29-20-12-5-17(6-13-20)7-14-21(27)25-23(30)24-19-10-8-18(9-11-19)22(28)26-15-3-4-16-26/h5-14H,2-4,15-16H2,1H3,(H2,24,25,27,30)/b14-7+. The summed E-state index contributed by atoms with van der Waals surface area (Å²) in [5.74, 6) is 0.509. The Morgan fingerprint density at radius 2 is 1.73 bits per heavy atom. The van der Waals surface area contributed by atoms with Gasteiger partial charge >= 0.3 is 0 Å². The lowest BCUT2D eigenvalue weighted by Gasteiger charge is -2.15. The lowest BCUT2D eigenvalue weighted by atomic mass is 10.2. The van der Waals surface area contributed by atoms with Gasteiger partial charge in [-0.2, -0.15) is 0 Å². The molecule has 2 amide bonds. The van der Waals surface area contributed by atoms with E-state index in [1.54, 1.807) is 30.3 Å². The van der Waals surface area contributed by atoms with Gasteiger partial charge in [0.1, 0.15) is 5.75 Å². The first-order chi connectivity index (χ1) is 14.5. The molecule has 0 bridgehead atoms. The van der Waals surface area contributed by atoms with Crippen LogP contribution in [0.1, 0.15) is 35.7 Å². The minimum Gasteiger partial charge on any atom is -0.494 e. The van der Waals surface area contributed by atoms with Crippen LogP contribution in [0.15, 0.2) is 54.6 Å². The first-order valence-electron chi connectivity index (χ1n) is 9.97. The number of anilines is 1. The molecule has 2 aromatic carbocycles. The normalized spacial score (nSPS) is 13.3. The van der Waals surface area contributed by atoms with Gasteiger partial charge in [0, 0.05) is 30.4 Å². The predicted molar refractivity (Wildman–Crippen MR) is 123 cm³/mol. The predicted octanol–water partition coefficient (Wildman–Crippen LogP) is 3.85. The second-order valence-corrected chi connectivity index (χ2v) is 7.26. The van der Waals surface area contributed by atoms with Gasteiger partial charge in [-0.3, -0.25) is 14.9 Å². The number of ether oxygens (including phenoxy) is 1. The second kappa shape index (κ2) is 10.5. The molecule has 1 aliphatic rings. The number of benzene rings is 2. The highest BCUT2D eigenvalue weighted by atomic mass is 32.1. The quantitative estimate of drug-likeness (QED) is 0.546. The first-order valence-corrected chi connectivity index (χ1v) is 10.4. The average Bonchev–Trinajstić information content (AvgIpc) is 3.28. The Hall–Kier alpha value is -3.19. The molecule has 1 fully saturated rings. The van der Waals surface area contributed by atoms with Gasteiger partial charge in [0.15, 0.2) is 5.11 Å². The number of nitrogens with one attached hydrogen (secondary N) is 2. The summed E-state index contributed by atoms with van der Waals surface area (Å²) in [5, 5.41) is 5.75. The highest BCUT2D eigenvalue weighted by Gasteiger charge is 2.19. The van der Waals surface area contributed by atoms with Crippen LogP contribution in [0, 0.1) is 0 Å². The fraction of sp³-hybridized carbons (Fsp3) is 0.261. The Balaban J connectivity index is 1.48. The zero-order valence-corrected chi connectivity index (χ0v) is 17.7. The van der Waals surface area contributed by atoms with Crippen LogP contribution in [0.25, 0.3) is 6.08 Å². The van der Waals surface area contributed by atoms with Crippen LogP contribution in [0.5, 0.6) is 5.75 Å². The summed E-state index contributed by atoms with van der Waals surface area (Å²) in [4.78, 5) is 26.3. The molecule has 1 aliphatic heterocycles. The van der Waals surface area contributed by atoms with Crippen molar-refractivity contribution in [3.8, 4) is 5.75 Å². The van der Waals surface area contributed by atoms with Crippen LogP contribution in [0.2, 0.25) is 0 Å². The molecule has 156 valence electrons. The van der Waals surface area contributed by atoms with Gasteiger partial charge in [0.25, 0.3) is 5.91 Å². The second-order valence-electron chi connectivity index (χ2n) is 6.86. The summed E-state index contributed by atoms with van der Waals surface area (Å²) in [7, 11) is 0. The molecule has 30 heavy (non-hydrogen) atoms. The van der Waals surface area contributed by atoms with Crippen molar-refractivity contribution >= 4 is 40.9 Å². The number of hydrogen-bond donors (Lipinski definition) is 2. The molecule has 7 heteroatoms. The number of thiocarbonyl (C=S) groups is 1. The molecule has 2 aromatic rings. The zero-order chi connectivity index (χ0) is 21.3. The maximum atomic E-state index is 12.4. The Bertz CT molecular complexity index is 918. The number of rotatable bonds is 6. The van der Waals surface area contributed by atoms with Gasteiger partial charge < -0.3 is 15.0 Å². The third-order valence-corrected chi connectivity index (χ3v) is 4.84. The largest absolute Gasteiger partial charge is 0.494 e. The Kier molecular flexibility index (Phi) is 7.57. The van der Waals surface area contributed by atoms with Gasteiger partial charge in [-0.25, -0.2) is 0 Å². The van der Waals surface area contributed by atoms with Crippen LogP contribution in [0.3, 0.4) is 0 Å². The molecule has 0 aliphatic carbocycles. The maximum Gasteiger partial charge on any atom is 0.253 e. The van der Waals surface area contributed by atoms with Gasteiger partial charge in [0.2, 0.25) is 5.91 Å². The molecule has 2 N–H and O–H groups in total. The lowest BCUT2D eigenvalue weighted by Crippen LogP contribution is -2.32. The molecular weight excluding hydrogens is 398 g/mol. The van der Waals surface area contributed by atoms with Gasteiger partial charge in [-0.1, -0.05) is 12.1 Å². The van der Waals surface area contributed by atoms with E-state index < -0.39 is 0 Å². The van der Waals surface area contributed by atoms with Crippen molar-refractivity contribution in [3.05, 3.63) is 65.7 Å². The summed E-state index contributed by atoms with van der Waals surface area (Å²) < 4.78 is 5.39. The minimum absolute atomic E-state index is 0.0503. The zero-order valence-electron chi connectivity index (χ0n) is 16.9. The SMILES string of the molecule is CCOc1ccc(/C=C/C(=O)NC(=S)Nc2ccc(C(=O)N3CCCC3)cc2)cc1. The van der Waals surface area contributed by atoms with E-state index in [0.717, 1.165) is 37.2 Å². The molecule has 0 saturated carbocycles. The Morgan fingerprint density at radius 1 is 1.07 bits per heavy atom. The van der Waals surface area contributed by atoms with Crippen LogP contribution >= 0.6 is 12.2 Å². The van der Waals surface area contributed by atoms with E-state index in [0.29, 0.717) is 17.9 Å². The van der Waals surface area contributed by atoms with Gasteiger partial charge in [-0.05, 0) is 80.0 Å². The van der Waals surface area contributed by atoms with E-state index >= 15 is 0 Å². The Morgan fingerprint density at radius 3 is 2.37 bits per heavy atom. The summed E-state index contributed by atoms with van der Waals surface area (Å²) in [5.41, 5.74) is 2.23. The van der Waals surface area contributed by atoms with Gasteiger partial charge in [0.05, 0.1) is 6.61 Å². The van der Waals surface area contributed by atoms with Crippen molar-refractivity contribution in [2.24, 2.45) is 0 Å². The monoisotopic (exact) mass is 423 g/mol. The lowest BCUT2D eigenvalue weighted by molar-refractivity contribution is -0.115. The van der Waals surface area contributed by atoms with Crippen LogP contribution in [0.4, 0.5) is 5.69 Å². The smallest absolute Gasteiger partial charge is 0.253 e. The topological polar surface area (TPSA) is 70.7 Å². The van der Waals surface area contributed by atoms with E-state index in [1.165, 1.54) is 6.08 Å². The molecule has 0 radical (unpaired) electrons. The number of carbonyl (C=O) groups excluding carboxylic acids is 2. The van der Waals surface area contributed by atoms with E-state index in [-0.39, 0.29) is 16.9 Å². The third-order valence-electron chi connectivity index (χ3n) is 4.64. The number of amides is 2. The van der Waals surface area contributed by atoms with Crippen molar-refractivity contribution in [1.29, 1.82) is 0 Å². The highest BCUT2D eigenvalue weighted by molar-refractivity contribution is 7.80. The summed E-state index contributed by atoms with van der Waals surface area (Å²) in [6.07, 6.45) is 5.24. The fourth-order valence-electron chi connectivity index (χ4n) is 3.13. The summed E-state index contributed by atoms with van der Waals surface area (Å²) in [6, 6.07) is 14.5. The van der Waals surface area contributed by atoms with Crippen LogP contribution in [-0.2, 0) is 4.79 Å². The molecule has 3 rings (SSSR count). The Labute approximate surface area is 181 Å². The van der Waals surface area contributed by atoms with Crippen molar-refractivity contribution < 1.29 is 14.3 Å². The maximum absolute atomic E-state index is 12.4. The summed E-state index contributed by atoms with van der Waals surface area (Å²) >= 11 is 5.19. The van der Waals surface area contributed by atoms with Crippen LogP contribution in [-0.4, -0.2) is 41.5 Å². The number of carbonyl (C=O) groups is 2. The molecule has 0 spiro atoms.